The van der Waals surface area contributed by atoms with Gasteiger partial charge < -0.3 is 74.5 Å². The smallest absolute Gasteiger partial charge is 0.326 e. The molecule has 60 heavy (non-hydrogen) atoms. The van der Waals surface area contributed by atoms with Crippen molar-refractivity contribution < 1.29 is 103 Å². The predicted molar refractivity (Wildman–Crippen MR) is 199 cm³/mol. The fourth-order valence-corrected chi connectivity index (χ4v) is 4.79. The van der Waals surface area contributed by atoms with Crippen LogP contribution in [-0.4, -0.2) is 163 Å². The number of carbonyl (C=O) groups is 7. The van der Waals surface area contributed by atoms with Gasteiger partial charge in [-0.1, -0.05) is 0 Å². The van der Waals surface area contributed by atoms with Gasteiger partial charge in [-0.05, 0) is 25.7 Å². The van der Waals surface area contributed by atoms with Gasteiger partial charge in [0.1, 0.15) is 36.8 Å². The van der Waals surface area contributed by atoms with Crippen LogP contribution in [0.2, 0.25) is 0 Å². The summed E-state index contributed by atoms with van der Waals surface area (Å²) < 4.78 is 14.1. The molecule has 1 radical (unpaired) electrons. The Bertz CT molecular complexity index is 1520. The first-order valence-electron chi connectivity index (χ1n) is 17.3. The first-order chi connectivity index (χ1) is 28.2. The van der Waals surface area contributed by atoms with E-state index in [1.165, 1.54) is 21.5 Å². The summed E-state index contributed by atoms with van der Waals surface area (Å²) in [5, 5.41) is 52.5. The summed E-state index contributed by atoms with van der Waals surface area (Å²) in [6.45, 7) is 11.1. The molecule has 26 heteroatoms. The van der Waals surface area contributed by atoms with Crippen molar-refractivity contribution in [1.29, 1.82) is 0 Å². The Morgan fingerprint density at radius 1 is 0.650 bits per heavy atom. The molecule has 0 bridgehead atoms. The number of urea groups is 1. The molecule has 0 unspecified atom stereocenters. The zero-order chi connectivity index (χ0) is 45.2. The van der Waals surface area contributed by atoms with Crippen LogP contribution in [-0.2, 0) is 99.2 Å². The van der Waals surface area contributed by atoms with E-state index in [4.69, 9.17) is 34.1 Å². The minimum absolute atomic E-state index is 0. The molecule has 2 atom stereocenters. The van der Waals surface area contributed by atoms with Crippen LogP contribution in [0, 0.1) is 0 Å². The fraction of sp³-hybridized carbons (Fsp3) is 0.529. The van der Waals surface area contributed by atoms with Crippen molar-refractivity contribution >= 4 is 62.2 Å². The quantitative estimate of drug-likeness (QED) is 0.0253. The molecule has 25 nitrogen and oxygen atoms in total. The van der Waals surface area contributed by atoms with Crippen LogP contribution in [0.3, 0.4) is 0 Å². The normalized spacial score (nSPS) is 10.9. The predicted octanol–water partition coefficient (Wildman–Crippen LogP) is -1.79. The number of nitrogens with zero attached hydrogens (tertiary/aromatic N) is 5. The minimum atomic E-state index is -1.51. The van der Waals surface area contributed by atoms with Gasteiger partial charge in [-0.25, -0.2) is 24.4 Å². The van der Waals surface area contributed by atoms with Crippen LogP contribution in [0.15, 0.2) is 24.8 Å². The van der Waals surface area contributed by atoms with Gasteiger partial charge in [0.2, 0.25) is 5.91 Å². The summed E-state index contributed by atoms with van der Waals surface area (Å²) in [4.78, 5) is 114. The van der Waals surface area contributed by atoms with Crippen LogP contribution in [0.4, 0.5) is 4.79 Å². The molecule has 2 rings (SSSR count). The molecular weight excluding hydrogens is 979 g/mol. The minimum Gasteiger partial charge on any atom is -0.545 e. The maximum Gasteiger partial charge on any atom is 0.326 e. The molecule has 337 valence electrons. The molecule has 0 aromatic carbocycles. The molecule has 3 amide bonds. The number of amides is 3. The molecule has 0 aliphatic rings. The third kappa shape index (κ3) is 27.7. The number of rotatable bonds is 29. The Balaban J connectivity index is -0.00000443. The van der Waals surface area contributed by atoms with Gasteiger partial charge in [-0.15, -0.1) is 0 Å². The molecule has 0 fully saturated rings. The maximum absolute atomic E-state index is 12.1. The Kier molecular flexibility index (Phi) is 35.2. The molecule has 2 heterocycles. The number of nitrogens with one attached hydrogen (secondary N) is 3. The van der Waals surface area contributed by atoms with Crippen molar-refractivity contribution in [3.63, 3.8) is 0 Å². The molecule has 0 aliphatic heterocycles. The SMILES string of the molecule is O=C(O)CC[C@H](NC(=O)N[C@@H](CCCCNC(=O)CCOCCOCCN(Cc1nccn1CC(=O)O)Cc1nccn1CC(=O)O)C(=O)O)C(=O)O.[CH-]=O.[CH-]=O.[CH-]=O.[Re]. The van der Waals surface area contributed by atoms with Gasteiger partial charge in [-0.2, -0.15) is 0 Å². The van der Waals surface area contributed by atoms with Crippen LogP contribution in [0.5, 0.6) is 0 Å². The van der Waals surface area contributed by atoms with Crippen molar-refractivity contribution in [3.05, 3.63) is 36.4 Å². The van der Waals surface area contributed by atoms with E-state index in [-0.39, 0.29) is 105 Å². The Hall–Kier alpha value is -5.94. The second-order valence-corrected chi connectivity index (χ2v) is 11.6. The van der Waals surface area contributed by atoms with E-state index < -0.39 is 54.4 Å². The average molecular weight is 1030 g/mol. The van der Waals surface area contributed by atoms with Crippen LogP contribution in [0.1, 0.15) is 50.2 Å². The molecule has 0 saturated carbocycles. The molecule has 2 aromatic heterocycles. The topological polar surface area (TPSA) is 365 Å². The number of carbonyl (C=O) groups excluding carboxylic acids is 5. The number of carboxylic acid groups (broad SMARTS) is 5. The monoisotopic (exact) mass is 1030 g/mol. The van der Waals surface area contributed by atoms with Gasteiger partial charge in [0.25, 0.3) is 0 Å². The molecule has 8 N–H and O–H groups in total. The summed E-state index contributed by atoms with van der Waals surface area (Å²) in [6.07, 6.45) is 5.98. The zero-order valence-electron chi connectivity index (χ0n) is 32.3. The van der Waals surface area contributed by atoms with E-state index in [0.717, 1.165) is 0 Å². The second-order valence-electron chi connectivity index (χ2n) is 11.6. The van der Waals surface area contributed by atoms with Crippen molar-refractivity contribution in [3.8, 4) is 0 Å². The van der Waals surface area contributed by atoms with E-state index >= 15 is 0 Å². The molecule has 0 aliphatic carbocycles. The summed E-state index contributed by atoms with van der Waals surface area (Å²) >= 11 is 0. The number of ether oxygens (including phenoxy) is 2. The summed E-state index contributed by atoms with van der Waals surface area (Å²) in [5.41, 5.74) is 0. The van der Waals surface area contributed by atoms with E-state index in [1.54, 1.807) is 12.4 Å². The third-order valence-corrected chi connectivity index (χ3v) is 7.44. The molecular formula is C34H49N8O17Re-3. The largest absolute Gasteiger partial charge is 0.545 e. The summed E-state index contributed by atoms with van der Waals surface area (Å²) in [6, 6.07) is -3.90. The number of carboxylic acids is 5. The van der Waals surface area contributed by atoms with Crippen molar-refractivity contribution in [2.24, 2.45) is 0 Å². The number of hydrogen-bond acceptors (Lipinski definition) is 15. The second kappa shape index (κ2) is 36.2. The van der Waals surface area contributed by atoms with Crippen LogP contribution in [0.25, 0.3) is 0 Å². The zero-order valence-corrected chi connectivity index (χ0v) is 35.0. The van der Waals surface area contributed by atoms with Crippen molar-refractivity contribution in [2.75, 3.05) is 39.5 Å². The Labute approximate surface area is 357 Å². The van der Waals surface area contributed by atoms with Gasteiger partial charge >= 0.3 is 35.9 Å². The summed E-state index contributed by atoms with van der Waals surface area (Å²) in [5.74, 6) is -5.40. The first kappa shape index (κ1) is 58.4. The maximum atomic E-state index is 12.1. The van der Waals surface area contributed by atoms with Crippen molar-refractivity contribution in [1.82, 2.24) is 40.0 Å². The standard InChI is InChI=1S/C31H46N8O14.3CHO.Re/c40-25(34-7-2-1-3-21(29(47)48)35-31(51)36-22(30(49)50)4-5-26(41)42)6-13-52-15-16-53-14-12-37(17-23-32-8-10-38(23)19-27(43)44)18-24-33-9-11-39(24)20-28(45)46;3*1-2;/h8-11,21-22H,1-7,12-20H2,(H,34,40)(H,41,42)(H,43,44)(H,45,46)(H,47,48)(H,49,50)(H2,35,36,51);3*1H;/q;3*-1;/t21-,22-;;;;/m0..../s1. The average Bonchev–Trinajstić information content (AvgIpc) is 3.83. The molecule has 0 spiro atoms. The number of aliphatic carboxylic acids is 5. The fourth-order valence-electron chi connectivity index (χ4n) is 4.79. The Morgan fingerprint density at radius 2 is 1.12 bits per heavy atom. The number of unbranched alkanes of at least 4 members (excludes halogenated alkanes) is 1. The first-order valence-corrected chi connectivity index (χ1v) is 17.3. The van der Waals surface area contributed by atoms with Gasteiger partial charge in [0, 0.05) is 71.1 Å². The molecule has 0 saturated heterocycles. The van der Waals surface area contributed by atoms with Crippen molar-refractivity contribution in [2.45, 2.75) is 76.8 Å². The van der Waals surface area contributed by atoms with Gasteiger partial charge in [0.15, 0.2) is 0 Å². The number of imidazole rings is 2. The van der Waals surface area contributed by atoms with E-state index in [9.17, 15) is 48.9 Å². The van der Waals surface area contributed by atoms with Crippen LogP contribution < -0.4 is 16.0 Å². The Morgan fingerprint density at radius 3 is 1.57 bits per heavy atom. The van der Waals surface area contributed by atoms with Gasteiger partial charge in [0.05, 0.1) is 39.5 Å². The van der Waals surface area contributed by atoms with E-state index in [1.807, 2.05) is 4.90 Å². The summed E-state index contributed by atoms with van der Waals surface area (Å²) in [7, 11) is 0. The van der Waals surface area contributed by atoms with E-state index in [2.05, 4.69) is 46.3 Å². The molecule has 2 aromatic rings. The van der Waals surface area contributed by atoms with Gasteiger partial charge in [-0.3, -0.25) is 44.4 Å². The number of aromatic nitrogens is 4. The third-order valence-electron chi connectivity index (χ3n) is 7.44. The van der Waals surface area contributed by atoms with E-state index in [0.29, 0.717) is 31.0 Å². The van der Waals surface area contributed by atoms with Crippen LogP contribution >= 0.6 is 0 Å². The number of hydrogen-bond donors (Lipinski definition) is 8.